The molecule has 1 heterocycles. The highest BCUT2D eigenvalue weighted by Gasteiger charge is 2.17. The molecule has 1 aromatic rings. The van der Waals surface area contributed by atoms with Crippen LogP contribution >= 0.6 is 11.8 Å². The Labute approximate surface area is 112 Å². The van der Waals surface area contributed by atoms with Gasteiger partial charge in [0.1, 0.15) is 6.10 Å². The van der Waals surface area contributed by atoms with Gasteiger partial charge in [0.2, 0.25) is 0 Å². The van der Waals surface area contributed by atoms with Crippen molar-refractivity contribution in [2.45, 2.75) is 25.9 Å². The van der Waals surface area contributed by atoms with Gasteiger partial charge in [0.15, 0.2) is 17.3 Å². The molecule has 3 nitrogen and oxygen atoms in total. The zero-order valence-electron chi connectivity index (χ0n) is 10.8. The largest absolute Gasteiger partial charge is 0.493 e. The maximum Gasteiger partial charge on any atom is 0.162 e. The molecular weight excluding hydrogens is 248 g/mol. The molecule has 0 atom stereocenters. The second-order valence-electron chi connectivity index (χ2n) is 4.35. The minimum Gasteiger partial charge on any atom is -0.493 e. The Morgan fingerprint density at radius 3 is 2.61 bits per heavy atom. The number of methoxy groups -OCH3 is 1. The molecule has 1 aromatic carbocycles. The Bertz CT molecular complexity index is 425. The summed E-state index contributed by atoms with van der Waals surface area (Å²) in [4.78, 5) is 11.4. The minimum absolute atomic E-state index is 0.0432. The van der Waals surface area contributed by atoms with E-state index >= 15 is 0 Å². The van der Waals surface area contributed by atoms with Crippen LogP contribution in [0.25, 0.3) is 0 Å². The third-order valence-corrected chi connectivity index (χ3v) is 4.08. The van der Waals surface area contributed by atoms with Crippen molar-refractivity contribution in [2.75, 3.05) is 18.6 Å². The molecule has 0 amide bonds. The summed E-state index contributed by atoms with van der Waals surface area (Å²) < 4.78 is 11.3. The van der Waals surface area contributed by atoms with E-state index in [-0.39, 0.29) is 11.9 Å². The molecule has 18 heavy (non-hydrogen) atoms. The van der Waals surface area contributed by atoms with Crippen LogP contribution in [0.2, 0.25) is 0 Å². The van der Waals surface area contributed by atoms with E-state index in [4.69, 9.17) is 9.47 Å². The fraction of sp³-hybridized carbons (Fsp3) is 0.500. The molecule has 0 N–H and O–H groups in total. The van der Waals surface area contributed by atoms with Gasteiger partial charge in [-0.2, -0.15) is 11.8 Å². The average Bonchev–Trinajstić information content (AvgIpc) is 2.39. The van der Waals surface area contributed by atoms with E-state index in [1.807, 2.05) is 11.8 Å². The molecule has 1 fully saturated rings. The normalized spacial score (nSPS) is 16.3. The van der Waals surface area contributed by atoms with Gasteiger partial charge in [-0.05, 0) is 49.5 Å². The second-order valence-corrected chi connectivity index (χ2v) is 5.58. The number of Topliss-reactive ketones (excluding diaryl/α,β-unsaturated/α-hetero) is 1. The molecule has 0 bridgehead atoms. The summed E-state index contributed by atoms with van der Waals surface area (Å²) in [5.41, 5.74) is 0.663. The van der Waals surface area contributed by atoms with Crippen LogP contribution in [0.4, 0.5) is 0 Å². The summed E-state index contributed by atoms with van der Waals surface area (Å²) in [5.74, 6) is 3.70. The first-order valence-electron chi connectivity index (χ1n) is 6.14. The standard InChI is InChI=1S/C14H18O3S/c1-10(15)11-3-4-13(16-2)14(9-11)17-12-5-7-18-8-6-12/h3-4,9,12H,5-8H2,1-2H3. The molecule has 4 heteroatoms. The Morgan fingerprint density at radius 2 is 2.00 bits per heavy atom. The molecule has 0 aromatic heterocycles. The first-order chi connectivity index (χ1) is 8.70. The van der Waals surface area contributed by atoms with E-state index in [2.05, 4.69) is 0 Å². The van der Waals surface area contributed by atoms with Crippen LogP contribution in [0.15, 0.2) is 18.2 Å². The molecule has 1 saturated heterocycles. The monoisotopic (exact) mass is 266 g/mol. The van der Waals surface area contributed by atoms with Crippen molar-refractivity contribution in [3.63, 3.8) is 0 Å². The van der Waals surface area contributed by atoms with E-state index in [9.17, 15) is 4.79 Å². The third kappa shape index (κ3) is 3.19. The van der Waals surface area contributed by atoms with E-state index in [0.29, 0.717) is 17.1 Å². The van der Waals surface area contributed by atoms with Gasteiger partial charge in [0, 0.05) is 5.56 Å². The van der Waals surface area contributed by atoms with Crippen LogP contribution < -0.4 is 9.47 Å². The zero-order valence-corrected chi connectivity index (χ0v) is 11.6. The number of carbonyl (C=O) groups is 1. The van der Waals surface area contributed by atoms with Crippen LogP contribution in [0.1, 0.15) is 30.1 Å². The van der Waals surface area contributed by atoms with Gasteiger partial charge in [0.25, 0.3) is 0 Å². The van der Waals surface area contributed by atoms with Crippen molar-refractivity contribution >= 4 is 17.5 Å². The topological polar surface area (TPSA) is 35.5 Å². The summed E-state index contributed by atoms with van der Waals surface area (Å²) in [6.07, 6.45) is 2.35. The quantitative estimate of drug-likeness (QED) is 0.784. The fourth-order valence-corrected chi connectivity index (χ4v) is 3.02. The van der Waals surface area contributed by atoms with Gasteiger partial charge in [-0.1, -0.05) is 0 Å². The maximum absolute atomic E-state index is 11.4. The Morgan fingerprint density at radius 1 is 1.28 bits per heavy atom. The Balaban J connectivity index is 2.17. The van der Waals surface area contributed by atoms with Crippen molar-refractivity contribution in [3.8, 4) is 11.5 Å². The first-order valence-corrected chi connectivity index (χ1v) is 7.29. The number of hydrogen-bond donors (Lipinski definition) is 0. The fourth-order valence-electron chi connectivity index (χ4n) is 1.96. The van der Waals surface area contributed by atoms with Gasteiger partial charge in [0.05, 0.1) is 7.11 Å². The highest BCUT2D eigenvalue weighted by atomic mass is 32.2. The molecule has 98 valence electrons. The average molecular weight is 266 g/mol. The number of ether oxygens (including phenoxy) is 2. The summed E-state index contributed by atoms with van der Waals surface area (Å²) in [6.45, 7) is 1.56. The van der Waals surface area contributed by atoms with Crippen molar-refractivity contribution < 1.29 is 14.3 Å². The molecular formula is C14H18O3S. The highest BCUT2D eigenvalue weighted by molar-refractivity contribution is 7.99. The van der Waals surface area contributed by atoms with E-state index in [1.54, 1.807) is 32.2 Å². The number of ketones is 1. The van der Waals surface area contributed by atoms with E-state index < -0.39 is 0 Å². The smallest absolute Gasteiger partial charge is 0.162 e. The molecule has 0 spiro atoms. The number of benzene rings is 1. The number of thioether (sulfide) groups is 1. The van der Waals surface area contributed by atoms with Gasteiger partial charge in [-0.25, -0.2) is 0 Å². The zero-order chi connectivity index (χ0) is 13.0. The SMILES string of the molecule is COc1ccc(C(C)=O)cc1OC1CCSCC1. The summed E-state index contributed by atoms with van der Waals surface area (Å²) >= 11 is 1.96. The van der Waals surface area contributed by atoms with Crippen LogP contribution in [0.5, 0.6) is 11.5 Å². The molecule has 0 unspecified atom stereocenters. The van der Waals surface area contributed by atoms with Crippen LogP contribution in [-0.4, -0.2) is 30.5 Å². The number of rotatable bonds is 4. The minimum atomic E-state index is 0.0432. The summed E-state index contributed by atoms with van der Waals surface area (Å²) in [5, 5.41) is 0. The Hall–Kier alpha value is -1.16. The van der Waals surface area contributed by atoms with Crippen molar-refractivity contribution in [2.24, 2.45) is 0 Å². The number of hydrogen-bond acceptors (Lipinski definition) is 4. The highest BCUT2D eigenvalue weighted by Crippen LogP contribution is 2.31. The van der Waals surface area contributed by atoms with Crippen LogP contribution in [-0.2, 0) is 0 Å². The Kier molecular flexibility index (Phi) is 4.53. The van der Waals surface area contributed by atoms with Crippen molar-refractivity contribution in [1.29, 1.82) is 0 Å². The van der Waals surface area contributed by atoms with Crippen LogP contribution in [0, 0.1) is 0 Å². The van der Waals surface area contributed by atoms with Gasteiger partial charge in [-0.3, -0.25) is 4.79 Å². The van der Waals surface area contributed by atoms with E-state index in [1.165, 1.54) is 0 Å². The predicted octanol–water partition coefficient (Wildman–Crippen LogP) is 3.17. The van der Waals surface area contributed by atoms with Crippen molar-refractivity contribution in [3.05, 3.63) is 23.8 Å². The predicted molar refractivity (Wildman–Crippen MR) is 74.0 cm³/mol. The lowest BCUT2D eigenvalue weighted by atomic mass is 10.1. The summed E-state index contributed by atoms with van der Waals surface area (Å²) in [6, 6.07) is 5.34. The summed E-state index contributed by atoms with van der Waals surface area (Å²) in [7, 11) is 1.62. The van der Waals surface area contributed by atoms with Crippen LogP contribution in [0.3, 0.4) is 0 Å². The third-order valence-electron chi connectivity index (χ3n) is 3.03. The lowest BCUT2D eigenvalue weighted by Gasteiger charge is -2.24. The molecule has 1 aliphatic heterocycles. The van der Waals surface area contributed by atoms with Crippen molar-refractivity contribution in [1.82, 2.24) is 0 Å². The van der Waals surface area contributed by atoms with Gasteiger partial charge < -0.3 is 9.47 Å². The maximum atomic E-state index is 11.4. The molecule has 1 aliphatic rings. The molecule has 0 aliphatic carbocycles. The van der Waals surface area contributed by atoms with Gasteiger partial charge in [-0.15, -0.1) is 0 Å². The van der Waals surface area contributed by atoms with Gasteiger partial charge >= 0.3 is 0 Å². The number of carbonyl (C=O) groups excluding carboxylic acids is 1. The second kappa shape index (κ2) is 6.14. The molecule has 0 saturated carbocycles. The van der Waals surface area contributed by atoms with E-state index in [0.717, 1.165) is 24.3 Å². The molecule has 2 rings (SSSR count). The molecule has 0 radical (unpaired) electrons. The lowest BCUT2D eigenvalue weighted by Crippen LogP contribution is -2.22. The first kappa shape index (κ1) is 13.3. The lowest BCUT2D eigenvalue weighted by molar-refractivity contribution is 0.101.